The molecule has 68 valence electrons. The van der Waals surface area contributed by atoms with Crippen LogP contribution in [-0.4, -0.2) is 6.29 Å². The zero-order valence-corrected chi connectivity index (χ0v) is 7.79. The number of hydrogen-bond acceptors (Lipinski definition) is 2. The Hall–Kier alpha value is -1.28. The molecule has 0 unspecified atom stereocenters. The molecule has 1 rings (SSSR count). The Kier molecular flexibility index (Phi) is 3.53. The Morgan fingerprint density at radius 2 is 2.15 bits per heavy atom. The van der Waals surface area contributed by atoms with E-state index in [0.717, 1.165) is 11.8 Å². The van der Waals surface area contributed by atoms with Crippen molar-refractivity contribution < 1.29 is 4.79 Å². The third-order valence-electron chi connectivity index (χ3n) is 1.49. The quantitative estimate of drug-likeness (QED) is 0.595. The van der Waals surface area contributed by atoms with Crippen molar-refractivity contribution in [2.24, 2.45) is 0 Å². The zero-order valence-electron chi connectivity index (χ0n) is 7.03. The van der Waals surface area contributed by atoms with Gasteiger partial charge in [-0.25, -0.2) is 0 Å². The summed E-state index contributed by atoms with van der Waals surface area (Å²) in [6, 6.07) is 5.27. The molecular weight excluding hydrogens is 186 g/mol. The lowest BCUT2D eigenvalue weighted by molar-refractivity contribution is -0.107. The second-order valence-electron chi connectivity index (χ2n) is 2.62. The largest absolute Gasteiger partial charge is 0.399 e. The molecule has 3 heteroatoms. The van der Waals surface area contributed by atoms with Crippen molar-refractivity contribution in [1.29, 1.82) is 0 Å². The van der Waals surface area contributed by atoms with E-state index in [0.29, 0.717) is 17.1 Å². The van der Waals surface area contributed by atoms with E-state index in [2.05, 4.69) is 0 Å². The number of rotatable bonds is 3. The van der Waals surface area contributed by atoms with Gasteiger partial charge in [0.2, 0.25) is 0 Å². The van der Waals surface area contributed by atoms with E-state index >= 15 is 0 Å². The van der Waals surface area contributed by atoms with Crippen molar-refractivity contribution in [2.75, 3.05) is 5.73 Å². The van der Waals surface area contributed by atoms with Crippen LogP contribution in [0.5, 0.6) is 0 Å². The van der Waals surface area contributed by atoms with Gasteiger partial charge in [0, 0.05) is 17.1 Å². The summed E-state index contributed by atoms with van der Waals surface area (Å²) < 4.78 is 0. The molecule has 0 bridgehead atoms. The number of hydrogen-bond donors (Lipinski definition) is 1. The molecule has 0 heterocycles. The summed E-state index contributed by atoms with van der Waals surface area (Å²) in [6.45, 7) is 0. The van der Waals surface area contributed by atoms with Gasteiger partial charge in [-0.2, -0.15) is 0 Å². The van der Waals surface area contributed by atoms with Crippen LogP contribution in [0.1, 0.15) is 12.0 Å². The average Bonchev–Trinajstić information content (AvgIpc) is 2.03. The lowest BCUT2D eigenvalue weighted by atomic mass is 10.2. The lowest BCUT2D eigenvalue weighted by Gasteiger charge is -1.97. The minimum atomic E-state index is 0.409. The van der Waals surface area contributed by atoms with Gasteiger partial charge in [0.25, 0.3) is 0 Å². The molecule has 0 saturated heterocycles. The van der Waals surface area contributed by atoms with Gasteiger partial charge >= 0.3 is 0 Å². The Bertz CT molecular complexity index is 313. The van der Waals surface area contributed by atoms with Gasteiger partial charge in [-0.3, -0.25) is 0 Å². The standard InChI is InChI=1S/C10H10ClNO/c11-9-5-8(3-1-2-4-13)6-10(12)7-9/h1,3-7H,2,12H2. The summed E-state index contributed by atoms with van der Waals surface area (Å²) in [5.41, 5.74) is 7.11. The number of carbonyl (C=O) groups excluding carboxylic acids is 1. The molecule has 0 aromatic heterocycles. The molecule has 0 aliphatic heterocycles. The van der Waals surface area contributed by atoms with Crippen molar-refractivity contribution in [3.63, 3.8) is 0 Å². The van der Waals surface area contributed by atoms with Gasteiger partial charge in [0.05, 0.1) is 0 Å². The van der Waals surface area contributed by atoms with Crippen LogP contribution in [0.3, 0.4) is 0 Å². The molecule has 0 fully saturated rings. The van der Waals surface area contributed by atoms with Crippen LogP contribution in [0.4, 0.5) is 5.69 Å². The number of halogens is 1. The first-order chi connectivity index (χ1) is 6.22. The molecule has 0 saturated carbocycles. The Morgan fingerprint density at radius 3 is 2.77 bits per heavy atom. The van der Waals surface area contributed by atoms with Crippen molar-refractivity contribution in [3.8, 4) is 0 Å². The maximum Gasteiger partial charge on any atom is 0.123 e. The van der Waals surface area contributed by atoms with E-state index in [1.165, 1.54) is 0 Å². The number of aldehydes is 1. The van der Waals surface area contributed by atoms with Crippen LogP contribution in [0, 0.1) is 0 Å². The van der Waals surface area contributed by atoms with Gasteiger partial charge in [-0.1, -0.05) is 23.8 Å². The normalized spacial score (nSPS) is 10.5. The van der Waals surface area contributed by atoms with Crippen LogP contribution in [-0.2, 0) is 4.79 Å². The van der Waals surface area contributed by atoms with Crippen molar-refractivity contribution in [2.45, 2.75) is 6.42 Å². The molecule has 1 aromatic rings. The first kappa shape index (κ1) is 9.81. The maximum absolute atomic E-state index is 10.0. The van der Waals surface area contributed by atoms with Crippen LogP contribution < -0.4 is 5.73 Å². The van der Waals surface area contributed by atoms with E-state index in [1.807, 2.05) is 6.08 Å². The molecule has 0 atom stereocenters. The van der Waals surface area contributed by atoms with Crippen molar-refractivity contribution in [3.05, 3.63) is 34.9 Å². The van der Waals surface area contributed by atoms with Gasteiger partial charge in [-0.15, -0.1) is 0 Å². The first-order valence-corrected chi connectivity index (χ1v) is 4.26. The van der Waals surface area contributed by atoms with Gasteiger partial charge in [0.1, 0.15) is 6.29 Å². The molecule has 0 aliphatic carbocycles. The SMILES string of the molecule is Nc1cc(Cl)cc(C=CCC=O)c1. The second kappa shape index (κ2) is 4.67. The summed E-state index contributed by atoms with van der Waals surface area (Å²) >= 11 is 5.78. The maximum atomic E-state index is 10.0. The predicted molar refractivity (Wildman–Crippen MR) is 55.6 cm³/mol. The Balaban J connectivity index is 2.82. The molecule has 13 heavy (non-hydrogen) atoms. The third-order valence-corrected chi connectivity index (χ3v) is 1.70. The number of allylic oxidation sites excluding steroid dienone is 1. The lowest BCUT2D eigenvalue weighted by Crippen LogP contribution is -1.84. The van der Waals surface area contributed by atoms with E-state index in [-0.39, 0.29) is 0 Å². The van der Waals surface area contributed by atoms with Gasteiger partial charge in [0.15, 0.2) is 0 Å². The van der Waals surface area contributed by atoms with Crippen LogP contribution in [0.15, 0.2) is 24.3 Å². The minimum absolute atomic E-state index is 0.409. The number of anilines is 1. The molecule has 0 radical (unpaired) electrons. The van der Waals surface area contributed by atoms with Gasteiger partial charge in [-0.05, 0) is 23.8 Å². The average molecular weight is 196 g/mol. The van der Waals surface area contributed by atoms with Crippen molar-refractivity contribution >= 4 is 29.7 Å². The molecule has 0 aliphatic rings. The van der Waals surface area contributed by atoms with Crippen molar-refractivity contribution in [1.82, 2.24) is 0 Å². The fraction of sp³-hybridized carbons (Fsp3) is 0.100. The summed E-state index contributed by atoms with van der Waals surface area (Å²) in [5, 5.41) is 0.603. The van der Waals surface area contributed by atoms with E-state index in [9.17, 15) is 4.79 Å². The van der Waals surface area contributed by atoms with Crippen LogP contribution >= 0.6 is 11.6 Å². The molecule has 2 N–H and O–H groups in total. The second-order valence-corrected chi connectivity index (χ2v) is 3.06. The van der Waals surface area contributed by atoms with E-state index in [1.54, 1.807) is 24.3 Å². The first-order valence-electron chi connectivity index (χ1n) is 3.88. The number of nitrogens with two attached hydrogens (primary N) is 1. The highest BCUT2D eigenvalue weighted by atomic mass is 35.5. The Labute approximate surface area is 82.0 Å². The van der Waals surface area contributed by atoms with Crippen LogP contribution in [0.25, 0.3) is 6.08 Å². The Morgan fingerprint density at radius 1 is 1.38 bits per heavy atom. The molecular formula is C10H10ClNO. The number of carbonyl (C=O) groups is 1. The molecule has 1 aromatic carbocycles. The predicted octanol–water partition coefficient (Wildman–Crippen LogP) is 2.52. The molecule has 0 spiro atoms. The van der Waals surface area contributed by atoms with E-state index in [4.69, 9.17) is 17.3 Å². The summed E-state index contributed by atoms with van der Waals surface area (Å²) in [6.07, 6.45) is 4.82. The monoisotopic (exact) mass is 195 g/mol. The smallest absolute Gasteiger partial charge is 0.123 e. The fourth-order valence-corrected chi connectivity index (χ4v) is 1.24. The highest BCUT2D eigenvalue weighted by Gasteiger charge is 1.92. The highest BCUT2D eigenvalue weighted by Crippen LogP contribution is 2.17. The number of nitrogen functional groups attached to an aromatic ring is 1. The van der Waals surface area contributed by atoms with E-state index < -0.39 is 0 Å². The molecule has 2 nitrogen and oxygen atoms in total. The fourth-order valence-electron chi connectivity index (χ4n) is 0.992. The highest BCUT2D eigenvalue weighted by molar-refractivity contribution is 6.31. The summed E-state index contributed by atoms with van der Waals surface area (Å²) in [5.74, 6) is 0. The zero-order chi connectivity index (χ0) is 9.68. The molecule has 0 amide bonds. The summed E-state index contributed by atoms with van der Waals surface area (Å²) in [4.78, 5) is 10.0. The third kappa shape index (κ3) is 3.30. The van der Waals surface area contributed by atoms with Gasteiger partial charge < -0.3 is 10.5 Å². The number of benzene rings is 1. The summed E-state index contributed by atoms with van der Waals surface area (Å²) in [7, 11) is 0. The van der Waals surface area contributed by atoms with Crippen LogP contribution in [0.2, 0.25) is 5.02 Å². The topological polar surface area (TPSA) is 43.1 Å². The minimum Gasteiger partial charge on any atom is -0.399 e.